The molecule has 0 aliphatic carbocycles. The van der Waals surface area contributed by atoms with Gasteiger partial charge < -0.3 is 9.88 Å². The van der Waals surface area contributed by atoms with Gasteiger partial charge in [-0.25, -0.2) is 4.98 Å². The highest BCUT2D eigenvalue weighted by molar-refractivity contribution is 6.31. The van der Waals surface area contributed by atoms with Crippen LogP contribution >= 0.6 is 11.6 Å². The van der Waals surface area contributed by atoms with E-state index in [-0.39, 0.29) is 11.8 Å². The van der Waals surface area contributed by atoms with Gasteiger partial charge in [-0.15, -0.1) is 0 Å². The Morgan fingerprint density at radius 3 is 3.09 bits per heavy atom. The lowest BCUT2D eigenvalue weighted by Crippen LogP contribution is -2.37. The molecular formula is C16H15ClN4O. The molecule has 6 heteroatoms. The lowest BCUT2D eigenvalue weighted by Gasteiger charge is -2.24. The number of hydrogen-bond acceptors (Lipinski definition) is 3. The summed E-state index contributed by atoms with van der Waals surface area (Å²) in [5.41, 5.74) is 0.623. The van der Waals surface area contributed by atoms with Crippen molar-refractivity contribution in [2.45, 2.75) is 25.4 Å². The predicted molar refractivity (Wildman–Crippen MR) is 82.0 cm³/mol. The number of nitrogens with one attached hydrogen (secondary N) is 1. The summed E-state index contributed by atoms with van der Waals surface area (Å²) >= 11 is 6.10. The molecule has 0 bridgehead atoms. The number of nitriles is 1. The van der Waals surface area contributed by atoms with E-state index in [1.54, 1.807) is 30.5 Å². The molecule has 2 heterocycles. The molecule has 1 aromatic carbocycles. The molecule has 3 rings (SSSR count). The molecule has 5 nitrogen and oxygen atoms in total. The molecular weight excluding hydrogens is 300 g/mol. The van der Waals surface area contributed by atoms with E-state index in [1.807, 2.05) is 6.20 Å². The van der Waals surface area contributed by atoms with Crippen LogP contribution in [0.3, 0.4) is 0 Å². The average Bonchev–Trinajstić information content (AvgIpc) is 3.00. The van der Waals surface area contributed by atoms with Gasteiger partial charge in [-0.3, -0.25) is 4.79 Å². The van der Waals surface area contributed by atoms with Crippen LogP contribution in [0.15, 0.2) is 36.7 Å². The molecule has 0 fully saturated rings. The van der Waals surface area contributed by atoms with Gasteiger partial charge in [0.1, 0.15) is 11.9 Å². The number of imidazole rings is 1. The highest BCUT2D eigenvalue weighted by atomic mass is 35.5. The predicted octanol–water partition coefficient (Wildman–Crippen LogP) is 2.48. The smallest absolute Gasteiger partial charge is 0.224 e. The van der Waals surface area contributed by atoms with Crippen LogP contribution in [0.25, 0.3) is 0 Å². The van der Waals surface area contributed by atoms with Crippen LogP contribution in [0.2, 0.25) is 5.02 Å². The highest BCUT2D eigenvalue weighted by Crippen LogP contribution is 2.24. The second kappa shape index (κ2) is 6.20. The van der Waals surface area contributed by atoms with Crippen molar-refractivity contribution in [3.8, 4) is 6.07 Å². The van der Waals surface area contributed by atoms with Gasteiger partial charge in [0.25, 0.3) is 0 Å². The SMILES string of the molecule is N#CC(NC(=O)C1CCn2ccnc2C1)c1ccccc1Cl. The fraction of sp³-hybridized carbons (Fsp3) is 0.312. The first-order chi connectivity index (χ1) is 10.7. The van der Waals surface area contributed by atoms with Crippen molar-refractivity contribution in [1.82, 2.24) is 14.9 Å². The maximum absolute atomic E-state index is 12.4. The zero-order chi connectivity index (χ0) is 15.5. The van der Waals surface area contributed by atoms with E-state index in [9.17, 15) is 10.1 Å². The molecule has 0 spiro atoms. The lowest BCUT2D eigenvalue weighted by atomic mass is 9.96. The molecule has 2 atom stereocenters. The van der Waals surface area contributed by atoms with Crippen molar-refractivity contribution in [2.24, 2.45) is 5.92 Å². The van der Waals surface area contributed by atoms with E-state index < -0.39 is 6.04 Å². The third kappa shape index (κ3) is 2.83. The first-order valence-electron chi connectivity index (χ1n) is 7.13. The quantitative estimate of drug-likeness (QED) is 0.946. The molecule has 0 saturated heterocycles. The van der Waals surface area contributed by atoms with Gasteiger partial charge in [0, 0.05) is 41.9 Å². The Bertz CT molecular complexity index is 734. The van der Waals surface area contributed by atoms with Gasteiger partial charge in [0.05, 0.1) is 6.07 Å². The van der Waals surface area contributed by atoms with Gasteiger partial charge in [0.15, 0.2) is 0 Å². The summed E-state index contributed by atoms with van der Waals surface area (Å²) in [6.07, 6.45) is 5.01. The summed E-state index contributed by atoms with van der Waals surface area (Å²) in [6, 6.07) is 8.44. The van der Waals surface area contributed by atoms with Crippen molar-refractivity contribution < 1.29 is 4.79 Å². The van der Waals surface area contributed by atoms with Gasteiger partial charge in [0.2, 0.25) is 5.91 Å². The minimum absolute atomic E-state index is 0.124. The van der Waals surface area contributed by atoms with Crippen LogP contribution in [0.4, 0.5) is 0 Å². The van der Waals surface area contributed by atoms with Gasteiger partial charge >= 0.3 is 0 Å². The number of benzene rings is 1. The summed E-state index contributed by atoms with van der Waals surface area (Å²) in [6.45, 7) is 0.775. The van der Waals surface area contributed by atoms with E-state index in [0.717, 1.165) is 18.8 Å². The second-order valence-electron chi connectivity index (χ2n) is 5.32. The van der Waals surface area contributed by atoms with Crippen LogP contribution in [0, 0.1) is 17.2 Å². The summed E-state index contributed by atoms with van der Waals surface area (Å²) in [7, 11) is 0. The van der Waals surface area contributed by atoms with Gasteiger partial charge in [-0.2, -0.15) is 5.26 Å². The van der Waals surface area contributed by atoms with Crippen LogP contribution in [-0.4, -0.2) is 15.5 Å². The molecule has 112 valence electrons. The summed E-state index contributed by atoms with van der Waals surface area (Å²) < 4.78 is 2.06. The number of rotatable bonds is 3. The molecule has 22 heavy (non-hydrogen) atoms. The fourth-order valence-electron chi connectivity index (χ4n) is 2.72. The Labute approximate surface area is 133 Å². The second-order valence-corrected chi connectivity index (χ2v) is 5.73. The summed E-state index contributed by atoms with van der Waals surface area (Å²) in [5.74, 6) is 0.631. The molecule has 1 aromatic heterocycles. The molecule has 2 aromatic rings. The van der Waals surface area contributed by atoms with Crippen molar-refractivity contribution in [3.05, 3.63) is 53.1 Å². The first-order valence-corrected chi connectivity index (χ1v) is 7.51. The number of amides is 1. The van der Waals surface area contributed by atoms with Crippen molar-refractivity contribution >= 4 is 17.5 Å². The highest BCUT2D eigenvalue weighted by Gasteiger charge is 2.27. The molecule has 1 aliphatic rings. The molecule has 1 N–H and O–H groups in total. The Hall–Kier alpha value is -2.32. The number of nitrogens with zero attached hydrogens (tertiary/aromatic N) is 3. The molecule has 1 aliphatic heterocycles. The van der Waals surface area contributed by atoms with Crippen LogP contribution in [0.1, 0.15) is 23.9 Å². The van der Waals surface area contributed by atoms with Crippen LogP contribution in [-0.2, 0) is 17.8 Å². The Morgan fingerprint density at radius 2 is 2.32 bits per heavy atom. The van der Waals surface area contributed by atoms with Crippen molar-refractivity contribution in [3.63, 3.8) is 0 Å². The zero-order valence-corrected chi connectivity index (χ0v) is 12.6. The normalized spacial score (nSPS) is 18.1. The monoisotopic (exact) mass is 314 g/mol. The molecule has 0 radical (unpaired) electrons. The number of aromatic nitrogens is 2. The van der Waals surface area contributed by atoms with E-state index in [4.69, 9.17) is 11.6 Å². The number of carbonyl (C=O) groups is 1. The maximum atomic E-state index is 12.4. The average molecular weight is 315 g/mol. The Kier molecular flexibility index (Phi) is 4.12. The molecule has 1 amide bonds. The third-order valence-electron chi connectivity index (χ3n) is 3.95. The Morgan fingerprint density at radius 1 is 1.50 bits per heavy atom. The van der Waals surface area contributed by atoms with Crippen molar-refractivity contribution in [1.29, 1.82) is 5.26 Å². The van der Waals surface area contributed by atoms with E-state index >= 15 is 0 Å². The van der Waals surface area contributed by atoms with Crippen LogP contribution < -0.4 is 5.32 Å². The standard InChI is InChI=1S/C16H15ClN4O/c17-13-4-2-1-3-12(13)14(10-18)20-16(22)11-5-7-21-8-6-19-15(21)9-11/h1-4,6,8,11,14H,5,7,9H2,(H,20,22). The van der Waals surface area contributed by atoms with E-state index in [1.165, 1.54) is 0 Å². The van der Waals surface area contributed by atoms with E-state index in [0.29, 0.717) is 17.0 Å². The Balaban J connectivity index is 1.71. The number of fused-ring (bicyclic) bond motifs is 1. The zero-order valence-electron chi connectivity index (χ0n) is 11.9. The maximum Gasteiger partial charge on any atom is 0.224 e. The largest absolute Gasteiger partial charge is 0.336 e. The van der Waals surface area contributed by atoms with Gasteiger partial charge in [-0.1, -0.05) is 29.8 Å². The van der Waals surface area contributed by atoms with E-state index in [2.05, 4.69) is 20.9 Å². The minimum atomic E-state index is -0.733. The summed E-state index contributed by atoms with van der Waals surface area (Å²) in [4.78, 5) is 16.7. The minimum Gasteiger partial charge on any atom is -0.336 e. The topological polar surface area (TPSA) is 70.7 Å². The first kappa shape index (κ1) is 14.6. The number of carbonyl (C=O) groups excluding carboxylic acids is 1. The van der Waals surface area contributed by atoms with Crippen molar-refractivity contribution in [2.75, 3.05) is 0 Å². The molecule has 2 unspecified atom stereocenters. The van der Waals surface area contributed by atoms with Crippen LogP contribution in [0.5, 0.6) is 0 Å². The summed E-state index contributed by atoms with van der Waals surface area (Å²) in [5, 5.41) is 12.6. The lowest BCUT2D eigenvalue weighted by molar-refractivity contribution is -0.126. The molecule has 0 saturated carbocycles. The number of hydrogen-bond donors (Lipinski definition) is 1. The fourth-order valence-corrected chi connectivity index (χ4v) is 2.97. The number of halogens is 1. The third-order valence-corrected chi connectivity index (χ3v) is 4.30. The number of aryl methyl sites for hydroxylation is 1. The van der Waals surface area contributed by atoms with Gasteiger partial charge in [-0.05, 0) is 12.5 Å².